The number of nitrogens with zero attached hydrogens (tertiary/aromatic N) is 1. The van der Waals surface area contributed by atoms with E-state index in [1.165, 1.54) is 49.5 Å². The van der Waals surface area contributed by atoms with E-state index < -0.39 is 271 Å². The van der Waals surface area contributed by atoms with Crippen molar-refractivity contribution in [2.24, 2.45) is 5.92 Å². The topological polar surface area (TPSA) is 573 Å². The number of likely N-dealkylation sites (N-methyl/N-ethyl adjacent to an activating group) is 1. The minimum atomic E-state index is -2.45. The van der Waals surface area contributed by atoms with E-state index >= 15 is 28.8 Å². The van der Waals surface area contributed by atoms with E-state index in [4.69, 9.17) is 56.4 Å². The third-order valence-electron chi connectivity index (χ3n) is 22.7. The molecule has 41 heteroatoms. The summed E-state index contributed by atoms with van der Waals surface area (Å²) >= 11 is 14.3. The SMILES string of the molecule is CN[C@H]1C(=O)N[C@@H]2Cc3ccc(cc3)Oc3cc4cc(c3O[C@@H]3O[C@H](C(=O)O)[C@@H](O)[C@H](O)[C@H]3NC(=O)CCCCCCCCC(C)C)Oc3ccc(cc3Cl)[C@@H](O)[C@H]3NC(=O)[C@H](NC(=O)[C@@H]4NC(=O)[C@@H](NC2=O)c2cc(cc(O)c2Cl)Oc2cc1ccc2O)c1ccc(O)c(c1)-c1c(O[C@H]2O[C@@H](CO)[C@@H](O)[C@H](O)[C@@H]2O)cc(O)cc1[C@@H](C(=O)NCCCN(C)C)NC3=O.Cl. The molecule has 21 N–H and O–H groups in total. The summed E-state index contributed by atoms with van der Waals surface area (Å²) in [6, 6.07) is 5.68. The smallest absolute Gasteiger partial charge is 0.335 e. The maximum absolute atomic E-state index is 16.8. The monoisotopic (exact) mass is 1850 g/mol. The molecule has 2 saturated heterocycles. The molecule has 15 rings (SSSR count). The number of carbonyl (C=O) groups is 9. The molecule has 129 heavy (non-hydrogen) atoms. The van der Waals surface area contributed by atoms with Gasteiger partial charge in [0.15, 0.2) is 29.1 Å². The highest BCUT2D eigenvalue weighted by Crippen LogP contribution is 2.51. The van der Waals surface area contributed by atoms with E-state index in [0.717, 1.165) is 105 Å². The van der Waals surface area contributed by atoms with Gasteiger partial charge in [0.1, 0.15) is 131 Å². The van der Waals surface area contributed by atoms with Gasteiger partial charge in [-0.05, 0) is 153 Å². The van der Waals surface area contributed by atoms with Gasteiger partial charge in [-0.1, -0.05) is 106 Å². The number of carbonyl (C=O) groups excluding carboxylic acids is 8. The molecule has 0 aromatic heterocycles. The maximum atomic E-state index is 16.8. The van der Waals surface area contributed by atoms with Gasteiger partial charge in [0.05, 0.1) is 16.7 Å². The number of rotatable bonds is 22. The Balaban J connectivity index is 0.0000151. The minimum absolute atomic E-state index is 0. The number of aliphatic hydroxyl groups is 7. The maximum Gasteiger partial charge on any atom is 0.335 e. The number of phenolic OH excluding ortho intramolecular Hbond substituents is 4. The number of aromatic hydroxyl groups is 4. The third kappa shape index (κ3) is 22.0. The molecule has 8 amide bonds. The molecular formula is C88H101Cl3N10O28. The molecule has 17 bridgehead atoms. The van der Waals surface area contributed by atoms with Crippen molar-refractivity contribution in [3.8, 4) is 80.1 Å². The quantitative estimate of drug-likeness (QED) is 0.0413. The summed E-state index contributed by atoms with van der Waals surface area (Å²) in [5.41, 5.74) is -2.68. The van der Waals surface area contributed by atoms with Gasteiger partial charge in [-0.3, -0.25) is 38.4 Å². The lowest BCUT2D eigenvalue weighted by Crippen LogP contribution is -2.66. The lowest BCUT2D eigenvalue weighted by Gasteiger charge is -2.41. The average molecular weight is 1850 g/mol. The zero-order chi connectivity index (χ0) is 92.0. The minimum Gasteiger partial charge on any atom is -0.508 e. The number of phenols is 4. The number of amides is 8. The van der Waals surface area contributed by atoms with E-state index in [9.17, 15) is 75.7 Å². The fourth-order valence-corrected chi connectivity index (χ4v) is 16.4. The number of halogens is 3. The van der Waals surface area contributed by atoms with Gasteiger partial charge in [0.25, 0.3) is 0 Å². The predicted molar refractivity (Wildman–Crippen MR) is 459 cm³/mol. The molecule has 8 aliphatic rings. The van der Waals surface area contributed by atoms with Crippen molar-refractivity contribution in [3.05, 3.63) is 164 Å². The van der Waals surface area contributed by atoms with Crippen LogP contribution in [0.3, 0.4) is 0 Å². The van der Waals surface area contributed by atoms with Gasteiger partial charge < -0.3 is 147 Å². The predicted octanol–water partition coefficient (Wildman–Crippen LogP) is 4.59. The summed E-state index contributed by atoms with van der Waals surface area (Å²) in [6.45, 7) is 3.61. The number of hydrogen-bond acceptors (Lipinski definition) is 29. The average Bonchev–Trinajstić information content (AvgIpc) is 0.752. The Labute approximate surface area is 754 Å². The number of aliphatic carboxylic acids is 1. The Morgan fingerprint density at radius 3 is 1.90 bits per heavy atom. The number of unbranched alkanes of at least 4 members (excludes halogenated alkanes) is 5. The Morgan fingerprint density at radius 1 is 0.566 bits per heavy atom. The van der Waals surface area contributed by atoms with Crippen LogP contribution in [-0.2, 0) is 59.0 Å². The van der Waals surface area contributed by atoms with Crippen LogP contribution in [0.15, 0.2) is 115 Å². The van der Waals surface area contributed by atoms with E-state index in [2.05, 4.69) is 61.7 Å². The molecule has 2 fully saturated rings. The highest BCUT2D eigenvalue weighted by molar-refractivity contribution is 6.33. The number of nitrogens with one attached hydrogen (secondary N) is 9. The number of ether oxygens (including phenoxy) is 7. The van der Waals surface area contributed by atoms with Crippen LogP contribution in [0, 0.1) is 5.92 Å². The number of benzene rings is 7. The number of fused-ring (bicyclic) bond motifs is 14. The molecule has 0 unspecified atom stereocenters. The number of hydrogen-bond donors (Lipinski definition) is 21. The molecule has 0 saturated carbocycles. The highest BCUT2D eigenvalue weighted by atomic mass is 35.5. The highest BCUT2D eigenvalue weighted by Gasteiger charge is 2.52. The summed E-state index contributed by atoms with van der Waals surface area (Å²) in [4.78, 5) is 140. The van der Waals surface area contributed by atoms with Crippen molar-refractivity contribution in [1.82, 2.24) is 52.8 Å². The lowest BCUT2D eigenvalue weighted by molar-refractivity contribution is -0.277. The molecule has 0 aliphatic carbocycles. The summed E-state index contributed by atoms with van der Waals surface area (Å²) in [5, 5.41) is 161. The van der Waals surface area contributed by atoms with Crippen molar-refractivity contribution in [2.45, 2.75) is 188 Å². The second-order valence-electron chi connectivity index (χ2n) is 32.7. The van der Waals surface area contributed by atoms with E-state index in [1.54, 1.807) is 19.0 Å². The first-order chi connectivity index (χ1) is 61.1. The van der Waals surface area contributed by atoms with Gasteiger partial charge in [-0.15, -0.1) is 12.4 Å². The van der Waals surface area contributed by atoms with Crippen LogP contribution in [0.4, 0.5) is 0 Å². The Morgan fingerprint density at radius 2 is 1.21 bits per heavy atom. The molecular weight excluding hydrogens is 1750 g/mol. The van der Waals surface area contributed by atoms with Crippen LogP contribution in [0.25, 0.3) is 11.1 Å². The van der Waals surface area contributed by atoms with Gasteiger partial charge >= 0.3 is 5.97 Å². The molecule has 8 heterocycles. The standard InChI is InChI=1S/C88H100Cl2N10O28.ClH/c1-38(2)13-10-8-6-7-9-11-14-61(106)94-70-73(109)75(111)78(86(120)121)128-87(70)127-77-58-31-43-32-59(77)124-55-24-19-42(29-50(55)89)71(107)69-85(119)98-67(80(114)92-25-12-26-100(4)5)48-33-44(102)34-57(125-88-76(112)74(110)72(108)60(37-101)126-88)62(48)47-28-40(17-22-52(47)103)65(82(116)99-69)95-83(117)66(43)96-84(118)68-49-35-46(36-54(105)63(49)90)123-56-30-41(18-23-53(56)104)64(91-3)81(115)93-51(79(113)97-68)27-39-15-20-45(122-58)21-16-39;/h15-24,28-36,38,51,60,64-76,78,87-88,91,101-105,107-112H,6-14,25-27,37H2,1-5H3,(H,92,114)(H,93,115)(H,94,106)(H,95,117)(H,96,118)(H,97,113)(H,98,119)(H,99,116)(H,120,121);1H/t51-,60+,64-,65-,66-,67+,68+,69-,70-,71-,72-,73-,74+,75+,76+,78+,87-,88+;/m1./s1. The molecule has 0 spiro atoms. The second kappa shape index (κ2) is 41.9. The fourth-order valence-electron chi connectivity index (χ4n) is 15.9. The Hall–Kier alpha value is -11.6. The molecule has 18 atom stereocenters. The van der Waals surface area contributed by atoms with Gasteiger partial charge in [-0.2, -0.15) is 0 Å². The molecule has 7 aromatic rings. The first kappa shape index (κ1) is 96.5. The lowest BCUT2D eigenvalue weighted by atomic mass is 9.89. The molecule has 0 radical (unpaired) electrons. The summed E-state index contributed by atoms with van der Waals surface area (Å²) in [7, 11) is 4.95. The van der Waals surface area contributed by atoms with Crippen LogP contribution in [-0.4, -0.2) is 234 Å². The van der Waals surface area contributed by atoms with E-state index in [-0.39, 0.29) is 60.2 Å². The van der Waals surface area contributed by atoms with Gasteiger partial charge in [0, 0.05) is 48.2 Å². The molecule has 38 nitrogen and oxygen atoms in total. The van der Waals surface area contributed by atoms with Crippen LogP contribution in [0.1, 0.15) is 147 Å². The third-order valence-corrected chi connectivity index (χ3v) is 23.4. The first-order valence-electron chi connectivity index (χ1n) is 41.5. The van der Waals surface area contributed by atoms with Gasteiger partial charge in [-0.25, -0.2) is 4.79 Å². The largest absolute Gasteiger partial charge is 0.508 e. The van der Waals surface area contributed by atoms with Crippen molar-refractivity contribution >= 4 is 88.8 Å². The summed E-state index contributed by atoms with van der Waals surface area (Å²) in [6.07, 6.45) is -15.8. The normalized spacial score (nSPS) is 25.6. The van der Waals surface area contributed by atoms with Crippen LogP contribution >= 0.6 is 35.6 Å². The Bertz CT molecular complexity index is 5350. The fraction of sp³-hybridized carbons (Fsp3) is 0.420. The summed E-state index contributed by atoms with van der Waals surface area (Å²) < 4.78 is 44.5. The number of aliphatic hydroxyl groups excluding tert-OH is 7. The van der Waals surface area contributed by atoms with E-state index in [0.29, 0.717) is 30.9 Å². The molecule has 8 aliphatic heterocycles. The molecule has 692 valence electrons. The van der Waals surface area contributed by atoms with Gasteiger partial charge in [0.2, 0.25) is 65.6 Å². The van der Waals surface area contributed by atoms with Crippen LogP contribution in [0.5, 0.6) is 69.0 Å². The first-order valence-corrected chi connectivity index (χ1v) is 42.3. The number of carboxylic acids is 1. The zero-order valence-corrected chi connectivity index (χ0v) is 72.5. The van der Waals surface area contributed by atoms with Crippen molar-refractivity contribution < 1.29 is 138 Å². The zero-order valence-electron chi connectivity index (χ0n) is 70.1. The Kier molecular flexibility index (Phi) is 31.3. The molecule has 7 aromatic carbocycles. The number of carboxylic acid groups (broad SMARTS) is 1. The van der Waals surface area contributed by atoms with Crippen molar-refractivity contribution in [3.63, 3.8) is 0 Å². The second-order valence-corrected chi connectivity index (χ2v) is 33.5. The van der Waals surface area contributed by atoms with Crippen molar-refractivity contribution in [2.75, 3.05) is 40.8 Å². The van der Waals surface area contributed by atoms with Crippen LogP contribution in [0.2, 0.25) is 10.0 Å². The van der Waals surface area contributed by atoms with Crippen LogP contribution < -0.4 is 71.5 Å². The van der Waals surface area contributed by atoms with E-state index in [1.807, 2.05) is 0 Å². The van der Waals surface area contributed by atoms with Crippen molar-refractivity contribution in [1.29, 1.82) is 0 Å². The summed E-state index contributed by atoms with van der Waals surface area (Å²) in [5.74, 6) is -17.5.